The highest BCUT2D eigenvalue weighted by molar-refractivity contribution is 9.11. The van der Waals surface area contributed by atoms with Crippen molar-refractivity contribution in [2.45, 2.75) is 4.90 Å². The minimum Gasteiger partial charge on any atom is -0.318 e. The van der Waals surface area contributed by atoms with Crippen LogP contribution in [0.2, 0.25) is 0 Å². The molecule has 0 unspecified atom stereocenters. The van der Waals surface area contributed by atoms with Gasteiger partial charge in [-0.2, -0.15) is 0 Å². The van der Waals surface area contributed by atoms with Crippen LogP contribution in [0.3, 0.4) is 0 Å². The molecule has 1 heterocycles. The number of thiophene rings is 1. The Hall–Kier alpha value is -1.96. The summed E-state index contributed by atoms with van der Waals surface area (Å²) in [5.41, 5.74) is 3.83. The molecule has 0 radical (unpaired) electrons. The van der Waals surface area contributed by atoms with Crippen molar-refractivity contribution in [1.29, 1.82) is 0 Å². The molecule has 3 rings (SSSR count). The third-order valence-electron chi connectivity index (χ3n) is 3.99. The third kappa shape index (κ3) is 3.90. The Kier molecular flexibility index (Phi) is 5.32. The molecule has 0 spiro atoms. The van der Waals surface area contributed by atoms with Crippen molar-refractivity contribution in [2.24, 2.45) is 0 Å². The van der Waals surface area contributed by atoms with Gasteiger partial charge in [-0.15, -0.1) is 11.3 Å². The maximum Gasteiger partial charge on any atom is 0.213 e. The molecule has 3 aromatic rings. The minimum atomic E-state index is -3.21. The second kappa shape index (κ2) is 7.34. The summed E-state index contributed by atoms with van der Waals surface area (Å²) in [6.07, 6.45) is 1.97. The molecule has 4 nitrogen and oxygen atoms in total. The highest BCUT2D eigenvalue weighted by Crippen LogP contribution is 2.42. The first kappa shape index (κ1) is 18.8. The number of nitrogens with zero attached hydrogens (tertiary/aromatic N) is 1. The molecule has 0 fully saturated rings. The van der Waals surface area contributed by atoms with E-state index in [0.717, 1.165) is 37.5 Å². The number of hydrogen-bond donors (Lipinski definition) is 0. The van der Waals surface area contributed by atoms with E-state index in [1.807, 2.05) is 42.5 Å². The second-order valence-electron chi connectivity index (χ2n) is 5.85. The molecule has 0 N–H and O–H groups in total. The molecule has 7 heteroatoms. The first-order valence-corrected chi connectivity index (χ1v) is 11.2. The van der Waals surface area contributed by atoms with E-state index in [0.29, 0.717) is 4.90 Å². The van der Waals surface area contributed by atoms with E-state index in [4.69, 9.17) is 0 Å². The number of carbonyl (C=O) groups excluding carboxylic acids is 1. The summed E-state index contributed by atoms with van der Waals surface area (Å²) in [7, 11) is -1.51. The van der Waals surface area contributed by atoms with Gasteiger partial charge >= 0.3 is 0 Å². The van der Waals surface area contributed by atoms with Crippen molar-refractivity contribution < 1.29 is 13.2 Å². The normalized spacial score (nSPS) is 11.3. The fraction of sp³-hybridized carbons (Fsp3) is 0.105. The lowest BCUT2D eigenvalue weighted by atomic mass is 10.0. The van der Waals surface area contributed by atoms with Crippen LogP contribution in [0.25, 0.3) is 21.6 Å². The Morgan fingerprint density at radius 1 is 1.00 bits per heavy atom. The van der Waals surface area contributed by atoms with Gasteiger partial charge in [0, 0.05) is 29.4 Å². The van der Waals surface area contributed by atoms with Crippen LogP contribution in [0.5, 0.6) is 0 Å². The number of rotatable bonds is 5. The van der Waals surface area contributed by atoms with Crippen molar-refractivity contribution in [3.05, 3.63) is 58.4 Å². The van der Waals surface area contributed by atoms with Gasteiger partial charge in [0.2, 0.25) is 6.41 Å². The summed E-state index contributed by atoms with van der Waals surface area (Å²) in [6.45, 7) is 0. The minimum absolute atomic E-state index is 0.304. The maximum atomic E-state index is 11.7. The number of sulfone groups is 1. The van der Waals surface area contributed by atoms with Crippen molar-refractivity contribution in [2.75, 3.05) is 18.2 Å². The lowest BCUT2D eigenvalue weighted by Crippen LogP contribution is -2.13. The lowest BCUT2D eigenvalue weighted by molar-refractivity contribution is -0.107. The largest absolute Gasteiger partial charge is 0.318 e. The van der Waals surface area contributed by atoms with E-state index < -0.39 is 9.84 Å². The Balaban J connectivity index is 2.02. The summed E-state index contributed by atoms with van der Waals surface area (Å²) >= 11 is 5.15. The summed E-state index contributed by atoms with van der Waals surface area (Å²) in [6, 6.07) is 16.7. The topological polar surface area (TPSA) is 54.5 Å². The van der Waals surface area contributed by atoms with Gasteiger partial charge in [-0.1, -0.05) is 24.3 Å². The average molecular weight is 450 g/mol. The molecule has 134 valence electrons. The Bertz CT molecular complexity index is 1040. The van der Waals surface area contributed by atoms with E-state index >= 15 is 0 Å². The Morgan fingerprint density at radius 2 is 1.58 bits per heavy atom. The molecule has 0 aliphatic rings. The molecule has 1 amide bonds. The van der Waals surface area contributed by atoms with Crippen LogP contribution in [0.4, 0.5) is 5.69 Å². The number of benzene rings is 2. The molecule has 0 bridgehead atoms. The van der Waals surface area contributed by atoms with Gasteiger partial charge in [0.1, 0.15) is 0 Å². The highest BCUT2D eigenvalue weighted by Gasteiger charge is 2.14. The fourth-order valence-corrected chi connectivity index (χ4v) is 4.84. The molecule has 0 saturated carbocycles. The monoisotopic (exact) mass is 449 g/mol. The maximum absolute atomic E-state index is 11.7. The van der Waals surface area contributed by atoms with Crippen LogP contribution in [-0.2, 0) is 14.6 Å². The number of carbonyl (C=O) groups is 1. The van der Waals surface area contributed by atoms with Crippen LogP contribution in [0.15, 0.2) is 63.3 Å². The van der Waals surface area contributed by atoms with Gasteiger partial charge in [0.05, 0.1) is 8.68 Å². The SMILES string of the molecule is CN(C=O)c1ccc(-c2sc(Br)cc2-c2ccc(S(C)(=O)=O)cc2)cc1. The van der Waals surface area contributed by atoms with E-state index in [9.17, 15) is 13.2 Å². The summed E-state index contributed by atoms with van der Waals surface area (Å²) < 4.78 is 24.3. The number of amides is 1. The summed E-state index contributed by atoms with van der Waals surface area (Å²) in [4.78, 5) is 13.8. The molecule has 2 aromatic carbocycles. The van der Waals surface area contributed by atoms with Gasteiger partial charge in [-0.25, -0.2) is 8.42 Å². The van der Waals surface area contributed by atoms with E-state index in [1.54, 1.807) is 30.5 Å². The average Bonchev–Trinajstić information content (AvgIpc) is 3.02. The van der Waals surface area contributed by atoms with Gasteiger partial charge < -0.3 is 4.90 Å². The van der Waals surface area contributed by atoms with Gasteiger partial charge in [-0.05, 0) is 57.4 Å². The smallest absolute Gasteiger partial charge is 0.213 e. The molecule has 0 saturated heterocycles. The number of hydrogen-bond acceptors (Lipinski definition) is 4. The van der Waals surface area contributed by atoms with Crippen LogP contribution >= 0.6 is 27.3 Å². The number of anilines is 1. The zero-order valence-corrected chi connectivity index (χ0v) is 17.4. The zero-order chi connectivity index (χ0) is 18.9. The molecule has 1 aromatic heterocycles. The van der Waals surface area contributed by atoms with E-state index in [2.05, 4.69) is 15.9 Å². The fourth-order valence-electron chi connectivity index (χ4n) is 2.58. The van der Waals surface area contributed by atoms with Gasteiger partial charge in [0.25, 0.3) is 0 Å². The van der Waals surface area contributed by atoms with Gasteiger partial charge in [0.15, 0.2) is 9.84 Å². The van der Waals surface area contributed by atoms with Crippen LogP contribution < -0.4 is 4.90 Å². The molecule has 0 atom stereocenters. The van der Waals surface area contributed by atoms with Crippen LogP contribution in [-0.4, -0.2) is 28.1 Å². The quantitative estimate of drug-likeness (QED) is 0.523. The zero-order valence-electron chi connectivity index (χ0n) is 14.1. The highest BCUT2D eigenvalue weighted by atomic mass is 79.9. The molecular formula is C19H16BrNO3S2. The molecule has 0 aliphatic heterocycles. The molecule has 26 heavy (non-hydrogen) atoms. The second-order valence-corrected chi connectivity index (χ2v) is 10.3. The van der Waals surface area contributed by atoms with Crippen molar-refractivity contribution in [3.8, 4) is 21.6 Å². The lowest BCUT2D eigenvalue weighted by Gasteiger charge is -2.11. The summed E-state index contributed by atoms with van der Waals surface area (Å²) in [5.74, 6) is 0. The molecule has 0 aliphatic carbocycles. The predicted octanol–water partition coefficient (Wildman–Crippen LogP) is 4.84. The van der Waals surface area contributed by atoms with Crippen molar-refractivity contribution in [3.63, 3.8) is 0 Å². The Morgan fingerprint density at radius 3 is 2.12 bits per heavy atom. The first-order chi connectivity index (χ1) is 12.3. The van der Waals surface area contributed by atoms with Gasteiger partial charge in [-0.3, -0.25) is 4.79 Å². The predicted molar refractivity (Wildman–Crippen MR) is 110 cm³/mol. The van der Waals surface area contributed by atoms with E-state index in [1.165, 1.54) is 11.2 Å². The van der Waals surface area contributed by atoms with Crippen LogP contribution in [0, 0.1) is 0 Å². The van der Waals surface area contributed by atoms with Crippen molar-refractivity contribution in [1.82, 2.24) is 0 Å². The van der Waals surface area contributed by atoms with E-state index in [-0.39, 0.29) is 0 Å². The standard InChI is InChI=1S/C19H16BrNO3S2/c1-21(12-22)15-7-3-14(4-8-15)19-17(11-18(20)25-19)13-5-9-16(10-6-13)26(2,23)24/h3-12H,1-2H3. The first-order valence-electron chi connectivity index (χ1n) is 7.68. The van der Waals surface area contributed by atoms with Crippen LogP contribution in [0.1, 0.15) is 0 Å². The molecular weight excluding hydrogens is 434 g/mol. The van der Waals surface area contributed by atoms with Crippen molar-refractivity contribution >= 4 is 49.2 Å². The third-order valence-corrected chi connectivity index (χ3v) is 6.81. The Labute approximate surface area is 165 Å². The summed E-state index contributed by atoms with van der Waals surface area (Å²) in [5, 5.41) is 0. The number of halogens is 1.